The number of alkyl halides is 1. The summed E-state index contributed by atoms with van der Waals surface area (Å²) in [5, 5.41) is 9.13. The summed E-state index contributed by atoms with van der Waals surface area (Å²) in [4.78, 5) is 0. The lowest BCUT2D eigenvalue weighted by atomic mass is 10.1. The monoisotopic (exact) mass is 266 g/mol. The summed E-state index contributed by atoms with van der Waals surface area (Å²) in [6.45, 7) is -0.722. The third kappa shape index (κ3) is 2.13. The Morgan fingerprint density at radius 3 is 2.64 bits per heavy atom. The van der Waals surface area contributed by atoms with Crippen LogP contribution in [-0.2, 0) is 0 Å². The van der Waals surface area contributed by atoms with E-state index < -0.39 is 12.8 Å². The van der Waals surface area contributed by atoms with E-state index in [1.165, 1.54) is 0 Å². The fraction of sp³-hybridized carbons (Fsp3) is 0.250. The molecule has 3 heteroatoms. The van der Waals surface area contributed by atoms with Crippen LogP contribution in [0.4, 0.5) is 4.39 Å². The number of benzene rings is 1. The van der Waals surface area contributed by atoms with Crippen molar-refractivity contribution in [2.24, 2.45) is 0 Å². The summed E-state index contributed by atoms with van der Waals surface area (Å²) in [5.41, 5.74) is 0.663. The quantitative estimate of drug-likeness (QED) is 0.814. The zero-order valence-electron chi connectivity index (χ0n) is 5.80. The molecule has 1 rings (SSSR count). The molecule has 0 saturated heterocycles. The van der Waals surface area contributed by atoms with Gasteiger partial charge in [-0.2, -0.15) is 0 Å². The molecule has 0 saturated carbocycles. The van der Waals surface area contributed by atoms with E-state index in [0.717, 1.165) is 3.57 Å². The van der Waals surface area contributed by atoms with Crippen LogP contribution in [-0.4, -0.2) is 11.8 Å². The molecule has 0 radical (unpaired) electrons. The average Bonchev–Trinajstić information content (AvgIpc) is 2.04. The van der Waals surface area contributed by atoms with Gasteiger partial charge in [0.15, 0.2) is 0 Å². The highest BCUT2D eigenvalue weighted by atomic mass is 127. The zero-order chi connectivity index (χ0) is 8.27. The molecule has 0 amide bonds. The molecule has 0 aromatic heterocycles. The van der Waals surface area contributed by atoms with Gasteiger partial charge in [0.25, 0.3) is 0 Å². The van der Waals surface area contributed by atoms with E-state index in [0.29, 0.717) is 5.56 Å². The Morgan fingerprint density at radius 2 is 2.09 bits per heavy atom. The van der Waals surface area contributed by atoms with Crippen LogP contribution in [0.2, 0.25) is 0 Å². The molecule has 0 aliphatic heterocycles. The van der Waals surface area contributed by atoms with Gasteiger partial charge in [-0.3, -0.25) is 0 Å². The van der Waals surface area contributed by atoms with E-state index in [2.05, 4.69) is 22.6 Å². The fourth-order valence-corrected chi connectivity index (χ4v) is 1.58. The summed E-state index contributed by atoms with van der Waals surface area (Å²) < 4.78 is 12.9. The Balaban J connectivity index is 2.93. The van der Waals surface area contributed by atoms with Gasteiger partial charge in [0.2, 0.25) is 0 Å². The second-order valence-corrected chi connectivity index (χ2v) is 3.35. The molecule has 0 bridgehead atoms. The summed E-state index contributed by atoms with van der Waals surface area (Å²) in [5.74, 6) is 0. The van der Waals surface area contributed by atoms with E-state index in [9.17, 15) is 4.39 Å². The SMILES string of the molecule is OC(CF)c1ccccc1I. The van der Waals surface area contributed by atoms with Gasteiger partial charge < -0.3 is 5.11 Å². The van der Waals surface area contributed by atoms with Gasteiger partial charge in [-0.15, -0.1) is 0 Å². The van der Waals surface area contributed by atoms with Gasteiger partial charge in [-0.1, -0.05) is 18.2 Å². The van der Waals surface area contributed by atoms with Crippen LogP contribution in [0, 0.1) is 3.57 Å². The van der Waals surface area contributed by atoms with Crippen LogP contribution in [0.15, 0.2) is 24.3 Å². The van der Waals surface area contributed by atoms with Crippen LogP contribution in [0.5, 0.6) is 0 Å². The third-order valence-corrected chi connectivity index (χ3v) is 2.39. The predicted octanol–water partition coefficient (Wildman–Crippen LogP) is 2.29. The Labute approximate surface area is 78.4 Å². The van der Waals surface area contributed by atoms with Crippen molar-refractivity contribution in [1.82, 2.24) is 0 Å². The normalized spacial score (nSPS) is 13.0. The number of hydrogen-bond acceptors (Lipinski definition) is 1. The van der Waals surface area contributed by atoms with Gasteiger partial charge >= 0.3 is 0 Å². The van der Waals surface area contributed by atoms with Crippen molar-refractivity contribution in [3.8, 4) is 0 Å². The van der Waals surface area contributed by atoms with Crippen LogP contribution in [0.1, 0.15) is 11.7 Å². The second-order valence-electron chi connectivity index (χ2n) is 2.19. The average molecular weight is 266 g/mol. The maximum absolute atomic E-state index is 12.0. The first-order chi connectivity index (χ1) is 5.25. The van der Waals surface area contributed by atoms with Crippen LogP contribution >= 0.6 is 22.6 Å². The molecule has 0 fully saturated rings. The highest BCUT2D eigenvalue weighted by Crippen LogP contribution is 2.19. The largest absolute Gasteiger partial charge is 0.386 e. The standard InChI is InChI=1S/C8H8FIO/c9-5-8(11)6-3-1-2-4-7(6)10/h1-4,8,11H,5H2. The summed E-state index contributed by atoms with van der Waals surface area (Å²) in [6.07, 6.45) is -0.969. The van der Waals surface area contributed by atoms with E-state index >= 15 is 0 Å². The molecular formula is C8H8FIO. The Kier molecular flexibility index (Phi) is 3.26. The van der Waals surface area contributed by atoms with E-state index in [4.69, 9.17) is 5.11 Å². The first-order valence-corrected chi connectivity index (χ1v) is 4.32. The molecular weight excluding hydrogens is 258 g/mol. The van der Waals surface area contributed by atoms with Gasteiger partial charge in [0.1, 0.15) is 12.8 Å². The Morgan fingerprint density at radius 1 is 1.45 bits per heavy atom. The maximum atomic E-state index is 12.0. The molecule has 1 aromatic carbocycles. The van der Waals surface area contributed by atoms with Crippen molar-refractivity contribution in [2.45, 2.75) is 6.10 Å². The summed E-state index contributed by atoms with van der Waals surface area (Å²) in [7, 11) is 0. The van der Waals surface area contributed by atoms with Crippen LogP contribution in [0.25, 0.3) is 0 Å². The third-order valence-electron chi connectivity index (χ3n) is 1.41. The maximum Gasteiger partial charge on any atom is 0.120 e. The first kappa shape index (κ1) is 8.93. The smallest absolute Gasteiger partial charge is 0.120 e. The molecule has 0 aliphatic carbocycles. The minimum absolute atomic E-state index is 0.663. The van der Waals surface area contributed by atoms with Gasteiger partial charge in [-0.05, 0) is 34.2 Å². The van der Waals surface area contributed by atoms with Crippen molar-refractivity contribution in [1.29, 1.82) is 0 Å². The molecule has 1 nitrogen and oxygen atoms in total. The lowest BCUT2D eigenvalue weighted by molar-refractivity contribution is 0.141. The van der Waals surface area contributed by atoms with E-state index in [-0.39, 0.29) is 0 Å². The molecule has 1 unspecified atom stereocenters. The number of halogens is 2. The van der Waals surface area contributed by atoms with Crippen LogP contribution < -0.4 is 0 Å². The highest BCUT2D eigenvalue weighted by molar-refractivity contribution is 14.1. The topological polar surface area (TPSA) is 20.2 Å². The Bertz CT molecular complexity index is 239. The summed E-state index contributed by atoms with van der Waals surface area (Å²) in [6, 6.07) is 7.22. The van der Waals surface area contributed by atoms with Crippen molar-refractivity contribution >= 4 is 22.6 Å². The van der Waals surface area contributed by atoms with Crippen LogP contribution in [0.3, 0.4) is 0 Å². The molecule has 0 aliphatic rings. The zero-order valence-corrected chi connectivity index (χ0v) is 7.95. The van der Waals surface area contributed by atoms with Gasteiger partial charge in [-0.25, -0.2) is 4.39 Å². The minimum atomic E-state index is -0.969. The lowest BCUT2D eigenvalue weighted by Crippen LogP contribution is -2.00. The molecule has 0 spiro atoms. The van der Waals surface area contributed by atoms with Crippen molar-refractivity contribution in [2.75, 3.05) is 6.67 Å². The summed E-state index contributed by atoms with van der Waals surface area (Å²) >= 11 is 2.07. The van der Waals surface area contributed by atoms with Crippen molar-refractivity contribution in [3.05, 3.63) is 33.4 Å². The predicted molar refractivity (Wildman–Crippen MR) is 50.1 cm³/mol. The number of rotatable bonds is 2. The first-order valence-electron chi connectivity index (χ1n) is 3.24. The van der Waals surface area contributed by atoms with E-state index in [1.54, 1.807) is 12.1 Å². The number of aliphatic hydroxyl groups is 1. The molecule has 60 valence electrons. The van der Waals surface area contributed by atoms with Crippen molar-refractivity contribution < 1.29 is 9.50 Å². The minimum Gasteiger partial charge on any atom is -0.386 e. The van der Waals surface area contributed by atoms with Gasteiger partial charge in [0, 0.05) is 3.57 Å². The molecule has 1 aromatic rings. The molecule has 0 heterocycles. The number of aliphatic hydroxyl groups excluding tert-OH is 1. The Hall–Kier alpha value is -0.160. The molecule has 1 atom stereocenters. The second kappa shape index (κ2) is 4.01. The van der Waals surface area contributed by atoms with Crippen molar-refractivity contribution in [3.63, 3.8) is 0 Å². The number of hydrogen-bond donors (Lipinski definition) is 1. The fourth-order valence-electron chi connectivity index (χ4n) is 0.828. The molecule has 1 N–H and O–H groups in total. The van der Waals surface area contributed by atoms with E-state index in [1.807, 2.05) is 12.1 Å². The molecule has 11 heavy (non-hydrogen) atoms. The lowest BCUT2D eigenvalue weighted by Gasteiger charge is -2.07. The highest BCUT2D eigenvalue weighted by Gasteiger charge is 2.08. The van der Waals surface area contributed by atoms with Gasteiger partial charge in [0.05, 0.1) is 0 Å².